The maximum Gasteiger partial charge on any atom is 0.573 e. The molecule has 0 spiro atoms. The molecular formula is C32H22F10N8O2. The van der Waals surface area contributed by atoms with Crippen LogP contribution in [0.25, 0.3) is 33.8 Å². The summed E-state index contributed by atoms with van der Waals surface area (Å²) < 4.78 is 139. The second-order valence-electron chi connectivity index (χ2n) is 12.1. The highest BCUT2D eigenvalue weighted by molar-refractivity contribution is 5.61. The molecule has 0 saturated heterocycles. The van der Waals surface area contributed by atoms with Crippen LogP contribution >= 0.6 is 0 Å². The largest absolute Gasteiger partial charge is 0.573 e. The molecular weight excluding hydrogens is 718 g/mol. The summed E-state index contributed by atoms with van der Waals surface area (Å²) in [5.41, 5.74) is 2.20. The molecule has 272 valence electrons. The van der Waals surface area contributed by atoms with E-state index < -0.39 is 42.2 Å². The molecule has 2 aliphatic rings. The summed E-state index contributed by atoms with van der Waals surface area (Å²) in [6.45, 7) is 0. The van der Waals surface area contributed by atoms with Crippen molar-refractivity contribution in [1.29, 1.82) is 0 Å². The van der Waals surface area contributed by atoms with Gasteiger partial charge in [-0.05, 0) is 48.5 Å². The fourth-order valence-electron chi connectivity index (χ4n) is 5.65. The van der Waals surface area contributed by atoms with Crippen molar-refractivity contribution in [3.63, 3.8) is 0 Å². The fourth-order valence-corrected chi connectivity index (χ4v) is 5.65. The van der Waals surface area contributed by atoms with Gasteiger partial charge in [0.05, 0.1) is 23.8 Å². The van der Waals surface area contributed by atoms with Gasteiger partial charge in [-0.1, -0.05) is 0 Å². The molecule has 4 heterocycles. The Kier molecular flexibility index (Phi) is 8.44. The number of hydrogen-bond donors (Lipinski definition) is 0. The van der Waals surface area contributed by atoms with E-state index in [1.54, 1.807) is 34.9 Å². The molecule has 10 nitrogen and oxygen atoms in total. The number of alkyl halides is 10. The standard InChI is InChI=1S/2C16H11F5N4O/c17-15(18)5-10(6-15)14-24-23-13-7-22-12(8-25(13)14)9-1-3-11(4-2-9)26-16(19,20)21;17-15(18)5-11(6-15)26-10-3-1-9(2-4-10)12-8-25-13(7-22-12)23-24-14(25)16(19,20)21/h1-4,7-8,10H,5-6H2;1-4,7-8,11H,5-6H2. The number of rotatable bonds is 6. The Labute approximate surface area is 285 Å². The van der Waals surface area contributed by atoms with Gasteiger partial charge >= 0.3 is 12.5 Å². The SMILES string of the molecule is FC1(F)CC(Oc2ccc(-c3cn4c(C(F)(F)F)nnc4cn3)cc2)C1.FC1(F)CC(c2nnc3cnc(-c4ccc(OC(F)(F)F)cc4)cn23)C1. The molecule has 0 bridgehead atoms. The average Bonchev–Trinajstić information content (AvgIpc) is 3.67. The molecule has 52 heavy (non-hydrogen) atoms. The topological polar surface area (TPSA) is 105 Å². The van der Waals surface area contributed by atoms with E-state index in [4.69, 9.17) is 4.74 Å². The van der Waals surface area contributed by atoms with Crippen LogP contribution in [0.3, 0.4) is 0 Å². The van der Waals surface area contributed by atoms with Crippen molar-refractivity contribution in [2.75, 3.05) is 0 Å². The van der Waals surface area contributed by atoms with E-state index in [1.165, 1.54) is 42.9 Å². The molecule has 0 aliphatic heterocycles. The van der Waals surface area contributed by atoms with Gasteiger partial charge in [0, 0.05) is 55.1 Å². The van der Waals surface area contributed by atoms with Crippen LogP contribution in [0.15, 0.2) is 73.3 Å². The molecule has 8 rings (SSSR count). The van der Waals surface area contributed by atoms with Crippen molar-refractivity contribution in [1.82, 2.24) is 39.2 Å². The Morgan fingerprint density at radius 2 is 1.12 bits per heavy atom. The van der Waals surface area contributed by atoms with Crippen molar-refractivity contribution in [2.24, 2.45) is 0 Å². The third-order valence-electron chi connectivity index (χ3n) is 8.21. The lowest BCUT2D eigenvalue weighted by Crippen LogP contribution is -2.43. The van der Waals surface area contributed by atoms with Gasteiger partial charge in [0.1, 0.15) is 23.4 Å². The summed E-state index contributed by atoms with van der Waals surface area (Å²) in [6, 6.07) is 11.5. The van der Waals surface area contributed by atoms with E-state index in [0.717, 1.165) is 4.40 Å². The predicted octanol–water partition coefficient (Wildman–Crippen LogP) is 8.19. The van der Waals surface area contributed by atoms with Crippen LogP contribution in [0.1, 0.15) is 43.3 Å². The van der Waals surface area contributed by atoms with Crippen molar-refractivity contribution in [3.8, 4) is 34.0 Å². The molecule has 2 aliphatic carbocycles. The van der Waals surface area contributed by atoms with E-state index in [2.05, 4.69) is 35.1 Å². The molecule has 20 heteroatoms. The molecule has 0 atom stereocenters. The van der Waals surface area contributed by atoms with Crippen molar-refractivity contribution in [2.45, 2.75) is 62.1 Å². The number of ether oxygens (including phenoxy) is 2. The lowest BCUT2D eigenvalue weighted by atomic mass is 9.81. The molecule has 2 saturated carbocycles. The quantitative estimate of drug-likeness (QED) is 0.158. The first-order valence-corrected chi connectivity index (χ1v) is 15.3. The highest BCUT2D eigenvalue weighted by Crippen LogP contribution is 2.47. The van der Waals surface area contributed by atoms with Crippen LogP contribution in [-0.4, -0.2) is 63.5 Å². The summed E-state index contributed by atoms with van der Waals surface area (Å²) >= 11 is 0. The molecule has 0 unspecified atom stereocenters. The Bertz CT molecular complexity index is 2200. The summed E-state index contributed by atoms with van der Waals surface area (Å²) in [5.74, 6) is -6.38. The highest BCUT2D eigenvalue weighted by atomic mass is 19.4. The maximum absolute atomic E-state index is 13.1. The van der Waals surface area contributed by atoms with E-state index in [0.29, 0.717) is 34.0 Å². The molecule has 4 aromatic heterocycles. The third kappa shape index (κ3) is 7.54. The first-order valence-electron chi connectivity index (χ1n) is 15.3. The van der Waals surface area contributed by atoms with Gasteiger partial charge in [-0.15, -0.1) is 33.6 Å². The first-order chi connectivity index (χ1) is 24.4. The van der Waals surface area contributed by atoms with Crippen LogP contribution < -0.4 is 9.47 Å². The van der Waals surface area contributed by atoms with Crippen LogP contribution in [0.2, 0.25) is 0 Å². The summed E-state index contributed by atoms with van der Waals surface area (Å²) in [4.78, 5) is 8.27. The van der Waals surface area contributed by atoms with Crippen molar-refractivity contribution < 1.29 is 53.4 Å². The molecule has 0 amide bonds. The number of hydrogen-bond acceptors (Lipinski definition) is 8. The minimum absolute atomic E-state index is 0.0214. The van der Waals surface area contributed by atoms with E-state index in [9.17, 15) is 43.9 Å². The smallest absolute Gasteiger partial charge is 0.490 e. The number of nitrogens with zero attached hydrogens (tertiary/aromatic N) is 8. The van der Waals surface area contributed by atoms with Gasteiger partial charge in [0.25, 0.3) is 5.92 Å². The van der Waals surface area contributed by atoms with E-state index in [-0.39, 0.29) is 42.8 Å². The minimum atomic E-state index is -4.76. The van der Waals surface area contributed by atoms with Gasteiger partial charge in [-0.2, -0.15) is 13.2 Å². The van der Waals surface area contributed by atoms with Gasteiger partial charge in [0.15, 0.2) is 11.3 Å². The number of aromatic nitrogens is 8. The van der Waals surface area contributed by atoms with Crippen LogP contribution in [-0.2, 0) is 6.18 Å². The van der Waals surface area contributed by atoms with Crippen LogP contribution in [0, 0.1) is 0 Å². The Balaban J connectivity index is 0.000000162. The van der Waals surface area contributed by atoms with Crippen molar-refractivity contribution in [3.05, 3.63) is 85.0 Å². The van der Waals surface area contributed by atoms with Gasteiger partial charge in [-0.3, -0.25) is 18.8 Å². The Morgan fingerprint density at radius 3 is 1.63 bits per heavy atom. The van der Waals surface area contributed by atoms with Gasteiger partial charge < -0.3 is 9.47 Å². The zero-order valence-electron chi connectivity index (χ0n) is 26.1. The normalized spacial score (nSPS) is 17.3. The van der Waals surface area contributed by atoms with Gasteiger partial charge in [0.2, 0.25) is 11.7 Å². The summed E-state index contributed by atoms with van der Waals surface area (Å²) in [5, 5.41) is 14.5. The summed E-state index contributed by atoms with van der Waals surface area (Å²) in [6.07, 6.45) is -5.73. The van der Waals surface area contributed by atoms with Crippen LogP contribution in [0.4, 0.5) is 43.9 Å². The van der Waals surface area contributed by atoms with E-state index in [1.807, 2.05) is 0 Å². The lowest BCUT2D eigenvalue weighted by molar-refractivity contribution is -0.274. The molecule has 0 N–H and O–H groups in total. The summed E-state index contributed by atoms with van der Waals surface area (Å²) in [7, 11) is 0. The molecule has 2 fully saturated rings. The zero-order valence-corrected chi connectivity index (χ0v) is 26.1. The zero-order chi connectivity index (χ0) is 37.1. The number of benzene rings is 2. The molecule has 2 aromatic carbocycles. The first kappa shape index (κ1) is 34.9. The highest BCUT2D eigenvalue weighted by Gasteiger charge is 2.48. The fraction of sp³-hybridized carbons (Fsp3) is 0.312. The van der Waals surface area contributed by atoms with Crippen molar-refractivity contribution >= 4 is 11.3 Å². The minimum Gasteiger partial charge on any atom is -0.490 e. The Hall–Kier alpha value is -5.56. The second-order valence-corrected chi connectivity index (χ2v) is 12.1. The monoisotopic (exact) mass is 740 g/mol. The lowest BCUT2D eigenvalue weighted by Gasteiger charge is -2.34. The van der Waals surface area contributed by atoms with E-state index >= 15 is 0 Å². The predicted molar refractivity (Wildman–Crippen MR) is 160 cm³/mol. The number of fused-ring (bicyclic) bond motifs is 2. The second kappa shape index (κ2) is 12.6. The molecule has 0 radical (unpaired) electrons. The third-order valence-corrected chi connectivity index (χ3v) is 8.21. The maximum atomic E-state index is 13.1. The average molecular weight is 741 g/mol. The number of halogens is 10. The van der Waals surface area contributed by atoms with Gasteiger partial charge in [-0.25, -0.2) is 17.6 Å². The molecule has 6 aromatic rings. The Morgan fingerprint density at radius 1 is 0.615 bits per heavy atom. The van der Waals surface area contributed by atoms with Crippen LogP contribution in [0.5, 0.6) is 11.5 Å².